The van der Waals surface area contributed by atoms with Gasteiger partial charge in [0.2, 0.25) is 0 Å². The van der Waals surface area contributed by atoms with Gasteiger partial charge in [-0.05, 0) is 42.7 Å². The summed E-state index contributed by atoms with van der Waals surface area (Å²) in [6, 6.07) is 19.2. The number of ether oxygens (including phenoxy) is 1. The highest BCUT2D eigenvalue weighted by Crippen LogP contribution is 2.44. The second kappa shape index (κ2) is 10.6. The zero-order chi connectivity index (χ0) is 24.1. The van der Waals surface area contributed by atoms with E-state index in [0.717, 1.165) is 11.1 Å². The van der Waals surface area contributed by atoms with E-state index in [2.05, 4.69) is 6.58 Å². The summed E-state index contributed by atoms with van der Waals surface area (Å²) in [5.41, 5.74) is 1.89. The largest absolute Gasteiger partial charge is 0.481 e. The zero-order valence-electron chi connectivity index (χ0n) is 19.4. The van der Waals surface area contributed by atoms with Crippen LogP contribution in [0.25, 0.3) is 0 Å². The third-order valence-electron chi connectivity index (χ3n) is 7.01. The van der Waals surface area contributed by atoms with Crippen LogP contribution in [0, 0.1) is 23.7 Å². The standard InChI is InChI=1S/C28H32O5/c1-17(21-11-7-5-8-12-21)15-25(27(30)31)26(19(3)29)24(22-13-9-6-10-14-22)16-23-18(2)20(4)33-28(23)32/h5-14,17-18,23-26H,4,15-16H2,1-3H3,(H,30,31). The number of ketones is 1. The number of carboxylic acid groups (broad SMARTS) is 1. The molecule has 0 amide bonds. The number of benzene rings is 2. The van der Waals surface area contributed by atoms with Crippen molar-refractivity contribution >= 4 is 17.7 Å². The van der Waals surface area contributed by atoms with Crippen molar-refractivity contribution in [2.24, 2.45) is 23.7 Å². The Labute approximate surface area is 195 Å². The number of cyclic esters (lactones) is 1. The number of Topliss-reactive ketones (excluding diaryl/α,β-unsaturated/α-hetero) is 1. The summed E-state index contributed by atoms with van der Waals surface area (Å²) in [7, 11) is 0. The highest BCUT2D eigenvalue weighted by atomic mass is 16.5. The van der Waals surface area contributed by atoms with Crippen LogP contribution in [0.2, 0.25) is 0 Å². The number of esters is 1. The minimum absolute atomic E-state index is 0.0410. The molecule has 0 saturated carbocycles. The highest BCUT2D eigenvalue weighted by Gasteiger charge is 2.44. The number of carboxylic acids is 1. The molecule has 6 atom stereocenters. The van der Waals surface area contributed by atoms with Crippen LogP contribution < -0.4 is 0 Å². The Morgan fingerprint density at radius 1 is 1.03 bits per heavy atom. The second-order valence-electron chi connectivity index (χ2n) is 9.16. The Hall–Kier alpha value is -3.21. The Kier molecular flexibility index (Phi) is 7.85. The number of rotatable bonds is 10. The lowest BCUT2D eigenvalue weighted by Gasteiger charge is -2.33. The van der Waals surface area contributed by atoms with Gasteiger partial charge in [-0.1, -0.05) is 81.1 Å². The van der Waals surface area contributed by atoms with Gasteiger partial charge in [-0.15, -0.1) is 0 Å². The Bertz CT molecular complexity index is 997. The summed E-state index contributed by atoms with van der Waals surface area (Å²) < 4.78 is 5.26. The first-order valence-electron chi connectivity index (χ1n) is 11.4. The molecule has 1 aliphatic heterocycles. The van der Waals surface area contributed by atoms with E-state index < -0.39 is 29.6 Å². The van der Waals surface area contributed by atoms with Crippen LogP contribution in [-0.2, 0) is 19.1 Å². The highest BCUT2D eigenvalue weighted by molar-refractivity contribution is 5.86. The van der Waals surface area contributed by atoms with Crippen molar-refractivity contribution in [2.45, 2.75) is 45.4 Å². The number of aliphatic carboxylic acids is 1. The summed E-state index contributed by atoms with van der Waals surface area (Å²) in [5, 5.41) is 10.2. The van der Waals surface area contributed by atoms with E-state index >= 15 is 0 Å². The maximum absolute atomic E-state index is 13.0. The van der Waals surface area contributed by atoms with Crippen LogP contribution in [0.3, 0.4) is 0 Å². The van der Waals surface area contributed by atoms with Crippen molar-refractivity contribution in [3.8, 4) is 0 Å². The fourth-order valence-electron chi connectivity index (χ4n) is 5.04. The topological polar surface area (TPSA) is 80.7 Å². The first-order chi connectivity index (χ1) is 15.7. The van der Waals surface area contributed by atoms with E-state index in [1.165, 1.54) is 6.92 Å². The molecule has 3 rings (SSSR count). The van der Waals surface area contributed by atoms with E-state index in [1.54, 1.807) is 0 Å². The van der Waals surface area contributed by atoms with E-state index in [9.17, 15) is 19.5 Å². The van der Waals surface area contributed by atoms with Crippen molar-refractivity contribution in [3.05, 3.63) is 84.1 Å². The van der Waals surface area contributed by atoms with Crippen LogP contribution in [0.1, 0.15) is 56.6 Å². The monoisotopic (exact) mass is 448 g/mol. The first kappa shape index (κ1) is 24.4. The van der Waals surface area contributed by atoms with E-state index in [1.807, 2.05) is 74.5 Å². The Balaban J connectivity index is 1.99. The lowest BCUT2D eigenvalue weighted by atomic mass is 9.68. The van der Waals surface area contributed by atoms with Crippen LogP contribution >= 0.6 is 0 Å². The Morgan fingerprint density at radius 3 is 2.03 bits per heavy atom. The van der Waals surface area contributed by atoms with Gasteiger partial charge in [0.05, 0.1) is 11.8 Å². The average molecular weight is 449 g/mol. The first-order valence-corrected chi connectivity index (χ1v) is 11.4. The van der Waals surface area contributed by atoms with Gasteiger partial charge in [-0.3, -0.25) is 14.4 Å². The molecule has 1 heterocycles. The summed E-state index contributed by atoms with van der Waals surface area (Å²) in [6.07, 6.45) is 0.654. The van der Waals surface area contributed by atoms with Crippen molar-refractivity contribution in [2.75, 3.05) is 0 Å². The van der Waals surface area contributed by atoms with Gasteiger partial charge in [-0.2, -0.15) is 0 Å². The van der Waals surface area contributed by atoms with Crippen molar-refractivity contribution in [1.82, 2.24) is 0 Å². The fraction of sp³-hybridized carbons (Fsp3) is 0.393. The molecule has 5 nitrogen and oxygen atoms in total. The summed E-state index contributed by atoms with van der Waals surface area (Å²) >= 11 is 0. The Morgan fingerprint density at radius 2 is 1.58 bits per heavy atom. The molecule has 1 fully saturated rings. The molecule has 1 N–H and O–H groups in total. The van der Waals surface area contributed by atoms with Crippen LogP contribution in [0.15, 0.2) is 73.0 Å². The van der Waals surface area contributed by atoms with E-state index in [-0.39, 0.29) is 23.6 Å². The number of hydrogen-bond acceptors (Lipinski definition) is 4. The lowest BCUT2D eigenvalue weighted by molar-refractivity contribution is -0.148. The number of carbonyl (C=O) groups excluding carboxylic acids is 2. The lowest BCUT2D eigenvalue weighted by Crippen LogP contribution is -2.36. The average Bonchev–Trinajstić information content (AvgIpc) is 3.04. The van der Waals surface area contributed by atoms with Gasteiger partial charge in [-0.25, -0.2) is 0 Å². The molecule has 0 aliphatic carbocycles. The molecule has 0 aromatic heterocycles. The molecule has 174 valence electrons. The molecule has 0 radical (unpaired) electrons. The molecular weight excluding hydrogens is 416 g/mol. The normalized spacial score (nSPS) is 21.7. The molecule has 0 bridgehead atoms. The molecular formula is C28H32O5. The van der Waals surface area contributed by atoms with Gasteiger partial charge in [0.1, 0.15) is 11.5 Å². The summed E-state index contributed by atoms with van der Waals surface area (Å²) in [5.74, 6) is -3.92. The van der Waals surface area contributed by atoms with Crippen molar-refractivity contribution < 1.29 is 24.2 Å². The molecule has 2 aromatic rings. The van der Waals surface area contributed by atoms with Gasteiger partial charge < -0.3 is 9.84 Å². The smallest absolute Gasteiger partial charge is 0.314 e. The molecule has 1 aliphatic rings. The predicted molar refractivity (Wildman–Crippen MR) is 126 cm³/mol. The van der Waals surface area contributed by atoms with Crippen molar-refractivity contribution in [1.29, 1.82) is 0 Å². The van der Waals surface area contributed by atoms with Gasteiger partial charge in [0.25, 0.3) is 0 Å². The van der Waals surface area contributed by atoms with Crippen LogP contribution in [0.4, 0.5) is 0 Å². The van der Waals surface area contributed by atoms with E-state index in [0.29, 0.717) is 18.6 Å². The second-order valence-corrected chi connectivity index (χ2v) is 9.16. The minimum Gasteiger partial charge on any atom is -0.481 e. The third-order valence-corrected chi connectivity index (χ3v) is 7.01. The molecule has 1 saturated heterocycles. The van der Waals surface area contributed by atoms with Gasteiger partial charge in [0, 0.05) is 11.8 Å². The zero-order valence-corrected chi connectivity index (χ0v) is 19.4. The van der Waals surface area contributed by atoms with Crippen LogP contribution in [0.5, 0.6) is 0 Å². The third kappa shape index (κ3) is 5.59. The van der Waals surface area contributed by atoms with Crippen LogP contribution in [-0.4, -0.2) is 22.8 Å². The number of allylic oxidation sites excluding steroid dienone is 1. The number of hydrogen-bond donors (Lipinski definition) is 1. The van der Waals surface area contributed by atoms with Gasteiger partial charge in [0.15, 0.2) is 0 Å². The summed E-state index contributed by atoms with van der Waals surface area (Å²) in [4.78, 5) is 38.1. The quantitative estimate of drug-likeness (QED) is 0.480. The molecule has 33 heavy (non-hydrogen) atoms. The molecule has 0 spiro atoms. The maximum atomic E-state index is 13.0. The minimum atomic E-state index is -0.995. The van der Waals surface area contributed by atoms with E-state index in [4.69, 9.17) is 4.74 Å². The summed E-state index contributed by atoms with van der Waals surface area (Å²) in [6.45, 7) is 9.16. The van der Waals surface area contributed by atoms with Crippen molar-refractivity contribution in [3.63, 3.8) is 0 Å². The maximum Gasteiger partial charge on any atom is 0.314 e. The molecule has 6 unspecified atom stereocenters. The predicted octanol–water partition coefficient (Wildman–Crippen LogP) is 5.58. The SMILES string of the molecule is C=C1OC(=O)C(CC(c2ccccc2)C(C(C)=O)C(CC(C)c2ccccc2)C(=O)O)C1C. The van der Waals surface area contributed by atoms with Gasteiger partial charge >= 0.3 is 11.9 Å². The molecule has 5 heteroatoms. The fourth-order valence-corrected chi connectivity index (χ4v) is 5.04. The molecule has 2 aromatic carbocycles. The number of carbonyl (C=O) groups is 3.